The van der Waals surface area contributed by atoms with Crippen LogP contribution in [-0.4, -0.2) is 280 Å². The number of rotatable bonds is 25. The minimum Gasteiger partial charge on any atom is -0.468 e. The molecule has 0 aromatic carbocycles. The van der Waals surface area contributed by atoms with Gasteiger partial charge in [-0.05, 0) is 39.0 Å². The average Bonchev–Trinajstić information content (AvgIpc) is 1.09. The fourth-order valence-electron chi connectivity index (χ4n) is 12.6. The summed E-state index contributed by atoms with van der Waals surface area (Å²) in [5.74, 6) is -12.8. The van der Waals surface area contributed by atoms with Crippen LogP contribution in [0.4, 0.5) is 0 Å². The number of aliphatic hydroxyl groups is 13. The highest BCUT2D eigenvalue weighted by atomic mass is 16.8. The third kappa shape index (κ3) is 17.1. The third-order valence-corrected chi connectivity index (χ3v) is 18.1. The molecule has 1 saturated carbocycles. The van der Waals surface area contributed by atoms with Gasteiger partial charge in [-0.3, -0.25) is 14.4 Å². The molecule has 4 fully saturated rings. The van der Waals surface area contributed by atoms with E-state index in [1.165, 1.54) is 39.0 Å². The van der Waals surface area contributed by atoms with Gasteiger partial charge in [-0.1, -0.05) is 25.2 Å². The molecule has 534 valence electrons. The first-order chi connectivity index (χ1) is 45.3. The molecule has 7 rings (SSSR count). The molecule has 1 aliphatic carbocycles. The highest BCUT2D eigenvalue weighted by Gasteiger charge is 2.52. The number of esters is 6. The Kier molecular flexibility index (Phi) is 27.6. The van der Waals surface area contributed by atoms with Gasteiger partial charge in [-0.25, -0.2) is 14.4 Å². The van der Waals surface area contributed by atoms with E-state index in [2.05, 4.69) is 0 Å². The van der Waals surface area contributed by atoms with Crippen LogP contribution in [0, 0.1) is 41.4 Å². The van der Waals surface area contributed by atoms with E-state index in [1.807, 2.05) is 0 Å². The molecule has 7 aliphatic rings. The Bertz CT molecular complexity index is 2850. The van der Waals surface area contributed by atoms with E-state index < -0.39 is 253 Å². The van der Waals surface area contributed by atoms with Crippen LogP contribution >= 0.6 is 0 Å². The standard InChI is InChI=1S/C61H86O34/c1-8-26-30(34(53(78)81-5)21-86-56(26)93-59-50(75)47(72)44(69)38(16-63)90-59)12-41(66)84-19-25(15-62)29-11-37(89-43(68)14-32-28(10-3)58(88-23-36(32)55(80)83-7)95-61-52(77)49(74)46(71)40(18-65)92-61)24(4)33(29)20-85-42(67)13-31-27(9-2)57(87-22-35(31)54(79)82-6)94-60-51(76)48(73)45(70)39(17-64)91-60/h8-10,21-25,29-33,37-40,44-52,56-65,69-77H,11-20H2,1-7H3/b26-8?,27-9+,28-10+/t24-,25-,29-,30-,31-,32-,33-,37-,38+,39+,40+,44+,45+,46+,47-,48-,49-,50+,51+,52+,56-,57-,58-,59-,60-,61-/m0/s1. The topological polar surface area (TPSA) is 504 Å². The minimum atomic E-state index is -1.88. The lowest BCUT2D eigenvalue weighted by Gasteiger charge is -2.42. The molecule has 0 spiro atoms. The number of hydrogen-bond donors (Lipinski definition) is 13. The maximum Gasteiger partial charge on any atom is 0.337 e. The maximum atomic E-state index is 14.4. The van der Waals surface area contributed by atoms with Crippen LogP contribution < -0.4 is 0 Å². The van der Waals surface area contributed by atoms with E-state index in [-0.39, 0.29) is 39.9 Å². The molecule has 13 N–H and O–H groups in total. The first-order valence-electron chi connectivity index (χ1n) is 30.6. The van der Waals surface area contributed by atoms with Crippen molar-refractivity contribution >= 4 is 35.8 Å². The number of methoxy groups -OCH3 is 3. The highest BCUT2D eigenvalue weighted by molar-refractivity contribution is 5.92. The molecule has 0 radical (unpaired) electrons. The van der Waals surface area contributed by atoms with Crippen molar-refractivity contribution in [1.29, 1.82) is 0 Å². The summed E-state index contributed by atoms with van der Waals surface area (Å²) in [5, 5.41) is 135. The lowest BCUT2D eigenvalue weighted by Crippen LogP contribution is -2.60. The summed E-state index contributed by atoms with van der Waals surface area (Å²) >= 11 is 0. The summed E-state index contributed by atoms with van der Waals surface area (Å²) in [6.45, 7) is 2.07. The Morgan fingerprint density at radius 2 is 0.832 bits per heavy atom. The number of carbonyl (C=O) groups excluding carboxylic acids is 6. The number of carbonyl (C=O) groups is 6. The van der Waals surface area contributed by atoms with Gasteiger partial charge < -0.3 is 137 Å². The van der Waals surface area contributed by atoms with Gasteiger partial charge in [0.2, 0.25) is 18.9 Å². The van der Waals surface area contributed by atoms with Crippen LogP contribution in [0.1, 0.15) is 53.4 Å². The van der Waals surface area contributed by atoms with E-state index in [0.29, 0.717) is 0 Å². The van der Waals surface area contributed by atoms with Gasteiger partial charge in [0.1, 0.15) is 79.4 Å². The summed E-state index contributed by atoms with van der Waals surface area (Å²) in [6, 6.07) is 0. The van der Waals surface area contributed by atoms with Gasteiger partial charge in [-0.2, -0.15) is 0 Å². The van der Waals surface area contributed by atoms with Crippen LogP contribution in [0.5, 0.6) is 0 Å². The Balaban J connectivity index is 1.13. The van der Waals surface area contributed by atoms with Crippen LogP contribution in [0.15, 0.2) is 70.5 Å². The van der Waals surface area contributed by atoms with Crippen molar-refractivity contribution in [3.8, 4) is 0 Å². The summed E-state index contributed by atoms with van der Waals surface area (Å²) < 4.78 is 84.2. The van der Waals surface area contributed by atoms with E-state index in [4.69, 9.17) is 71.1 Å². The zero-order valence-corrected chi connectivity index (χ0v) is 52.9. The fraction of sp³-hybridized carbons (Fsp3) is 0.705. The first-order valence-corrected chi connectivity index (χ1v) is 30.6. The van der Waals surface area contributed by atoms with Crippen LogP contribution in [0.3, 0.4) is 0 Å². The maximum absolute atomic E-state index is 14.4. The van der Waals surface area contributed by atoms with Gasteiger partial charge in [0.15, 0.2) is 18.9 Å². The quantitative estimate of drug-likeness (QED) is 0.0232. The van der Waals surface area contributed by atoms with Crippen molar-refractivity contribution < 1.29 is 166 Å². The van der Waals surface area contributed by atoms with Gasteiger partial charge in [0, 0.05) is 52.9 Å². The predicted octanol–water partition coefficient (Wildman–Crippen LogP) is -4.59. The van der Waals surface area contributed by atoms with Crippen molar-refractivity contribution in [1.82, 2.24) is 0 Å². The number of ether oxygens (including phenoxy) is 15. The molecule has 26 atom stereocenters. The summed E-state index contributed by atoms with van der Waals surface area (Å²) in [6.07, 6.45) is -26.1. The van der Waals surface area contributed by atoms with Gasteiger partial charge in [-0.15, -0.1) is 0 Å². The number of allylic oxidation sites excluding steroid dienone is 3. The SMILES string of the molecule is CC=C1[C@H](O[C@@H]2O[C@H](CO)[C@@H](O)[C@H](O)[C@H]2O)OC=C(C(=O)OC)[C@H]1CC(=O)OC[C@H](CO)[C@@H]1C[C@H](OC(=O)C[C@@H]2C(C(=O)OC)=CO[C@@H](O[C@@H]3O[C@H](CO)[C@@H](O)[C@H](O)[C@H]3O)/C2=C/C)[C@@H](C)[C@@H]1COC(=O)C[C@@H]1C(C(=O)OC)=CO[C@@H](O[C@@H]2O[C@H](CO)[C@@H](O)[C@H](O)[C@H]2O)/C1=C/C. The van der Waals surface area contributed by atoms with Crippen molar-refractivity contribution in [2.24, 2.45) is 41.4 Å². The molecule has 3 saturated heterocycles. The molecule has 0 aromatic heterocycles. The van der Waals surface area contributed by atoms with Crippen LogP contribution in [0.2, 0.25) is 0 Å². The van der Waals surface area contributed by atoms with E-state index in [9.17, 15) is 95.2 Å². The molecule has 0 amide bonds. The minimum absolute atomic E-state index is 0.0957. The molecule has 6 aliphatic heterocycles. The molecular formula is C61H86O34. The van der Waals surface area contributed by atoms with Crippen LogP contribution in [0.25, 0.3) is 0 Å². The van der Waals surface area contributed by atoms with Crippen molar-refractivity contribution in [3.05, 3.63) is 70.5 Å². The molecule has 0 bridgehead atoms. The van der Waals surface area contributed by atoms with Crippen molar-refractivity contribution in [3.63, 3.8) is 0 Å². The first kappa shape index (κ1) is 76.3. The normalized spacial score (nSPS) is 38.8. The van der Waals surface area contributed by atoms with Crippen LogP contribution in [-0.2, 0) is 99.8 Å². The zero-order valence-electron chi connectivity index (χ0n) is 52.9. The summed E-state index contributed by atoms with van der Waals surface area (Å²) in [5.41, 5.74) is -0.281. The number of aliphatic hydroxyl groups excluding tert-OH is 13. The molecule has 34 heteroatoms. The second-order valence-electron chi connectivity index (χ2n) is 23.5. The van der Waals surface area contributed by atoms with E-state index in [0.717, 1.165) is 40.1 Å². The second-order valence-corrected chi connectivity index (χ2v) is 23.5. The zero-order chi connectivity index (χ0) is 69.9. The van der Waals surface area contributed by atoms with E-state index >= 15 is 0 Å². The molecule has 0 aromatic rings. The molecule has 6 heterocycles. The Morgan fingerprint density at radius 3 is 1.15 bits per heavy atom. The van der Waals surface area contributed by atoms with Gasteiger partial charge in [0.25, 0.3) is 0 Å². The summed E-state index contributed by atoms with van der Waals surface area (Å²) in [7, 11) is 3.22. The smallest absolute Gasteiger partial charge is 0.337 e. The Morgan fingerprint density at radius 1 is 0.495 bits per heavy atom. The highest BCUT2D eigenvalue weighted by Crippen LogP contribution is 2.46. The van der Waals surface area contributed by atoms with Gasteiger partial charge in [0.05, 0.1) is 109 Å². The van der Waals surface area contributed by atoms with E-state index in [1.54, 1.807) is 6.92 Å². The lowest BCUT2D eigenvalue weighted by atomic mass is 9.82. The largest absolute Gasteiger partial charge is 0.468 e. The predicted molar refractivity (Wildman–Crippen MR) is 308 cm³/mol. The average molecular weight is 1360 g/mol. The molecule has 95 heavy (non-hydrogen) atoms. The second kappa shape index (κ2) is 34.4. The summed E-state index contributed by atoms with van der Waals surface area (Å²) in [4.78, 5) is 82.6. The molecule has 34 nitrogen and oxygen atoms in total. The monoisotopic (exact) mass is 1360 g/mol. The third-order valence-electron chi connectivity index (χ3n) is 18.1. The fourth-order valence-corrected chi connectivity index (χ4v) is 12.6. The lowest BCUT2D eigenvalue weighted by molar-refractivity contribution is -0.327. The van der Waals surface area contributed by atoms with Crippen molar-refractivity contribution in [2.45, 2.75) is 170 Å². The molecular weight excluding hydrogens is 1280 g/mol. The number of hydrogen-bond acceptors (Lipinski definition) is 34. The Hall–Kier alpha value is -6.10. The van der Waals surface area contributed by atoms with Crippen molar-refractivity contribution in [2.75, 3.05) is 61.0 Å². The Labute approximate surface area is 543 Å². The van der Waals surface area contributed by atoms with Gasteiger partial charge >= 0.3 is 35.8 Å². The molecule has 0 unspecified atom stereocenters.